The molecule has 2 fully saturated rings. The van der Waals surface area contributed by atoms with Gasteiger partial charge in [0, 0.05) is 18.6 Å². The lowest BCUT2D eigenvalue weighted by molar-refractivity contribution is 0.149. The van der Waals surface area contributed by atoms with Crippen LogP contribution in [-0.4, -0.2) is 29.6 Å². The molecule has 0 heterocycles. The Kier molecular flexibility index (Phi) is 6.68. The third-order valence-electron chi connectivity index (χ3n) is 4.96. The van der Waals surface area contributed by atoms with E-state index in [0.29, 0.717) is 12.1 Å². The topological polar surface area (TPSA) is 32.3 Å². The van der Waals surface area contributed by atoms with E-state index in [4.69, 9.17) is 0 Å². The highest BCUT2D eigenvalue weighted by Gasteiger charge is 2.26. The fourth-order valence-corrected chi connectivity index (χ4v) is 3.68. The molecule has 20 heavy (non-hydrogen) atoms. The van der Waals surface area contributed by atoms with Crippen LogP contribution in [-0.2, 0) is 0 Å². The Bertz CT molecular complexity index is 281. The van der Waals surface area contributed by atoms with E-state index >= 15 is 0 Å². The monoisotopic (exact) mass is 280 g/mol. The molecule has 3 heteroatoms. The number of hydrogen-bond acceptors (Lipinski definition) is 1. The van der Waals surface area contributed by atoms with E-state index in [1.54, 1.807) is 0 Å². The first-order valence-electron chi connectivity index (χ1n) is 8.88. The number of carbonyl (C=O) groups is 1. The predicted octanol–water partition coefficient (Wildman–Crippen LogP) is 4.46. The number of amides is 2. The Labute approximate surface area is 124 Å². The standard InChI is InChI=1S/C17H32N2O/c1-2-3-14-19(16-12-8-5-9-13-16)17(20)18-15-10-6-4-7-11-15/h15-16H,2-14H2,1H3,(H,18,20). The fraction of sp³-hybridized carbons (Fsp3) is 0.941. The minimum Gasteiger partial charge on any atom is -0.335 e. The van der Waals surface area contributed by atoms with Crippen LogP contribution in [0.3, 0.4) is 0 Å². The lowest BCUT2D eigenvalue weighted by Crippen LogP contribution is -2.50. The molecule has 0 aromatic carbocycles. The van der Waals surface area contributed by atoms with Crippen molar-refractivity contribution in [3.05, 3.63) is 0 Å². The number of urea groups is 1. The highest BCUT2D eigenvalue weighted by atomic mass is 16.2. The molecule has 0 aliphatic heterocycles. The first-order valence-corrected chi connectivity index (χ1v) is 8.88. The summed E-state index contributed by atoms with van der Waals surface area (Å²) in [6.07, 6.45) is 14.9. The first kappa shape index (κ1) is 15.7. The predicted molar refractivity (Wildman–Crippen MR) is 83.9 cm³/mol. The number of nitrogens with zero attached hydrogens (tertiary/aromatic N) is 1. The first-order chi connectivity index (χ1) is 9.81. The molecule has 0 spiro atoms. The Morgan fingerprint density at radius 1 is 1.00 bits per heavy atom. The molecule has 2 aliphatic rings. The molecule has 2 aliphatic carbocycles. The summed E-state index contributed by atoms with van der Waals surface area (Å²) in [7, 11) is 0. The summed E-state index contributed by atoms with van der Waals surface area (Å²) in [4.78, 5) is 14.8. The molecule has 0 saturated heterocycles. The molecule has 2 rings (SSSR count). The van der Waals surface area contributed by atoms with Crippen LogP contribution < -0.4 is 5.32 Å². The molecule has 116 valence electrons. The maximum Gasteiger partial charge on any atom is 0.317 e. The summed E-state index contributed by atoms with van der Waals surface area (Å²) in [5, 5.41) is 3.31. The van der Waals surface area contributed by atoms with Gasteiger partial charge in [-0.25, -0.2) is 4.79 Å². The van der Waals surface area contributed by atoms with Crippen LogP contribution in [0.25, 0.3) is 0 Å². The van der Waals surface area contributed by atoms with Crippen molar-refractivity contribution in [2.45, 2.75) is 96.1 Å². The second-order valence-corrected chi connectivity index (χ2v) is 6.62. The van der Waals surface area contributed by atoms with E-state index in [1.807, 2.05) is 0 Å². The highest BCUT2D eigenvalue weighted by molar-refractivity contribution is 5.75. The van der Waals surface area contributed by atoms with Crippen molar-refractivity contribution in [1.29, 1.82) is 0 Å². The third kappa shape index (κ3) is 4.68. The average Bonchev–Trinajstić information content (AvgIpc) is 2.50. The van der Waals surface area contributed by atoms with Crippen molar-refractivity contribution in [2.75, 3.05) is 6.54 Å². The van der Waals surface area contributed by atoms with E-state index in [2.05, 4.69) is 17.1 Å². The maximum absolute atomic E-state index is 12.6. The zero-order valence-electron chi connectivity index (χ0n) is 13.2. The average molecular weight is 280 g/mol. The van der Waals surface area contributed by atoms with Gasteiger partial charge in [0.1, 0.15) is 0 Å². The second kappa shape index (κ2) is 8.53. The largest absolute Gasteiger partial charge is 0.335 e. The van der Waals surface area contributed by atoms with Gasteiger partial charge in [0.05, 0.1) is 0 Å². The Balaban J connectivity index is 1.87. The smallest absolute Gasteiger partial charge is 0.317 e. The molecular weight excluding hydrogens is 248 g/mol. The molecular formula is C17H32N2O. The zero-order chi connectivity index (χ0) is 14.2. The molecule has 0 aromatic rings. The summed E-state index contributed by atoms with van der Waals surface area (Å²) < 4.78 is 0. The van der Waals surface area contributed by atoms with Crippen LogP contribution in [0.15, 0.2) is 0 Å². The van der Waals surface area contributed by atoms with Gasteiger partial charge in [-0.05, 0) is 32.1 Å². The van der Waals surface area contributed by atoms with Crippen molar-refractivity contribution in [3.63, 3.8) is 0 Å². The number of unbranched alkanes of at least 4 members (excludes halogenated alkanes) is 1. The molecule has 0 unspecified atom stereocenters. The third-order valence-corrected chi connectivity index (χ3v) is 4.96. The van der Waals surface area contributed by atoms with Gasteiger partial charge in [0.25, 0.3) is 0 Å². The second-order valence-electron chi connectivity index (χ2n) is 6.62. The lowest BCUT2D eigenvalue weighted by atomic mass is 9.93. The van der Waals surface area contributed by atoms with E-state index in [1.165, 1.54) is 70.6 Å². The van der Waals surface area contributed by atoms with Crippen LogP contribution in [0.4, 0.5) is 4.79 Å². The van der Waals surface area contributed by atoms with Gasteiger partial charge in [-0.15, -0.1) is 0 Å². The highest BCUT2D eigenvalue weighted by Crippen LogP contribution is 2.24. The molecule has 3 nitrogen and oxygen atoms in total. The van der Waals surface area contributed by atoms with Crippen molar-refractivity contribution in [1.82, 2.24) is 10.2 Å². The van der Waals surface area contributed by atoms with Gasteiger partial charge in [-0.1, -0.05) is 51.9 Å². The Morgan fingerprint density at radius 2 is 1.60 bits per heavy atom. The van der Waals surface area contributed by atoms with Crippen molar-refractivity contribution < 1.29 is 4.79 Å². The normalized spacial score (nSPS) is 21.6. The number of carbonyl (C=O) groups excluding carboxylic acids is 1. The van der Waals surface area contributed by atoms with Crippen LogP contribution in [0.1, 0.15) is 84.0 Å². The SMILES string of the molecule is CCCCN(C(=O)NC1CCCCC1)C1CCCCC1. The molecule has 1 N–H and O–H groups in total. The van der Waals surface area contributed by atoms with E-state index in [0.717, 1.165) is 13.0 Å². The Hall–Kier alpha value is -0.730. The van der Waals surface area contributed by atoms with Crippen LogP contribution in [0.5, 0.6) is 0 Å². The van der Waals surface area contributed by atoms with Gasteiger partial charge < -0.3 is 10.2 Å². The Morgan fingerprint density at radius 3 is 2.20 bits per heavy atom. The number of rotatable bonds is 5. The number of nitrogens with one attached hydrogen (secondary N) is 1. The summed E-state index contributed by atoms with van der Waals surface area (Å²) in [5.74, 6) is 0. The summed E-state index contributed by atoms with van der Waals surface area (Å²) in [6.45, 7) is 3.15. The number of hydrogen-bond donors (Lipinski definition) is 1. The summed E-state index contributed by atoms with van der Waals surface area (Å²) in [5.41, 5.74) is 0. The minimum atomic E-state index is 0.220. The van der Waals surface area contributed by atoms with Crippen molar-refractivity contribution >= 4 is 6.03 Å². The molecule has 0 bridgehead atoms. The van der Waals surface area contributed by atoms with Gasteiger partial charge in [0.15, 0.2) is 0 Å². The van der Waals surface area contributed by atoms with Gasteiger partial charge in [-0.2, -0.15) is 0 Å². The zero-order valence-corrected chi connectivity index (χ0v) is 13.2. The molecule has 0 atom stereocenters. The van der Waals surface area contributed by atoms with E-state index in [9.17, 15) is 4.79 Å². The molecule has 2 saturated carbocycles. The van der Waals surface area contributed by atoms with Crippen molar-refractivity contribution in [3.8, 4) is 0 Å². The maximum atomic E-state index is 12.6. The molecule has 0 radical (unpaired) electrons. The molecule has 2 amide bonds. The fourth-order valence-electron chi connectivity index (χ4n) is 3.68. The summed E-state index contributed by atoms with van der Waals surface area (Å²) in [6, 6.07) is 1.15. The minimum absolute atomic E-state index is 0.220. The van der Waals surface area contributed by atoms with Crippen LogP contribution in [0.2, 0.25) is 0 Å². The van der Waals surface area contributed by atoms with E-state index < -0.39 is 0 Å². The van der Waals surface area contributed by atoms with Gasteiger partial charge in [0.2, 0.25) is 0 Å². The van der Waals surface area contributed by atoms with Crippen molar-refractivity contribution in [2.24, 2.45) is 0 Å². The lowest BCUT2D eigenvalue weighted by Gasteiger charge is -2.36. The van der Waals surface area contributed by atoms with E-state index in [-0.39, 0.29) is 6.03 Å². The van der Waals surface area contributed by atoms with Gasteiger partial charge in [-0.3, -0.25) is 0 Å². The molecule has 0 aromatic heterocycles. The van der Waals surface area contributed by atoms with Crippen LogP contribution >= 0.6 is 0 Å². The van der Waals surface area contributed by atoms with Gasteiger partial charge >= 0.3 is 6.03 Å². The quantitative estimate of drug-likeness (QED) is 0.792. The van der Waals surface area contributed by atoms with Crippen LogP contribution in [0, 0.1) is 0 Å². The summed E-state index contributed by atoms with van der Waals surface area (Å²) >= 11 is 0.